The average molecular weight is 510 g/mol. The second kappa shape index (κ2) is 13.5. The Labute approximate surface area is 225 Å². The van der Waals surface area contributed by atoms with E-state index in [0.29, 0.717) is 53.5 Å². The first kappa shape index (κ1) is 27.0. The van der Waals surface area contributed by atoms with Crippen molar-refractivity contribution in [2.75, 3.05) is 13.2 Å². The molecule has 38 heavy (non-hydrogen) atoms. The largest absolute Gasteiger partial charge is 0.493 e. The second-order valence-electron chi connectivity index (χ2n) is 9.56. The predicted molar refractivity (Wildman–Crippen MR) is 151 cm³/mol. The molecule has 4 rings (SSSR count). The van der Waals surface area contributed by atoms with E-state index < -0.39 is 0 Å². The van der Waals surface area contributed by atoms with Crippen LogP contribution in [0.2, 0.25) is 0 Å². The van der Waals surface area contributed by atoms with Crippen molar-refractivity contribution in [1.29, 1.82) is 0 Å². The molecule has 0 aliphatic rings. The van der Waals surface area contributed by atoms with Crippen LogP contribution in [0.25, 0.3) is 34.2 Å². The van der Waals surface area contributed by atoms with Gasteiger partial charge in [-0.25, -0.2) is 19.7 Å². The van der Waals surface area contributed by atoms with Crippen LogP contribution in [0.15, 0.2) is 78.9 Å². The standard InChI is InChI=1S/C32H35N3O3/c1-4-37-28-22-26(32(36)38-21-13-7-8-14-23(2)3)19-20-27(28)31-34-29(24-15-9-5-10-16-24)33-30(35-31)25-17-11-6-12-18-25/h5-6,9-12,15-20,22-23H,4,7-8,13-14,21H2,1-3H3. The van der Waals surface area contributed by atoms with Crippen LogP contribution in [0.3, 0.4) is 0 Å². The first-order valence-corrected chi connectivity index (χ1v) is 13.4. The minimum absolute atomic E-state index is 0.355. The van der Waals surface area contributed by atoms with E-state index in [1.54, 1.807) is 12.1 Å². The van der Waals surface area contributed by atoms with Crippen LogP contribution < -0.4 is 4.74 Å². The summed E-state index contributed by atoms with van der Waals surface area (Å²) in [7, 11) is 0. The first-order chi connectivity index (χ1) is 18.5. The summed E-state index contributed by atoms with van der Waals surface area (Å²) in [6.45, 7) is 7.20. The quantitative estimate of drug-likeness (QED) is 0.144. The Hall–Kier alpha value is -4.06. The molecular formula is C32H35N3O3. The molecule has 1 aromatic heterocycles. The van der Waals surface area contributed by atoms with Gasteiger partial charge in [-0.15, -0.1) is 0 Å². The average Bonchev–Trinajstić information content (AvgIpc) is 2.95. The maximum Gasteiger partial charge on any atom is 0.338 e. The van der Waals surface area contributed by atoms with Crippen molar-refractivity contribution in [2.24, 2.45) is 5.92 Å². The number of rotatable bonds is 12. The van der Waals surface area contributed by atoms with Crippen molar-refractivity contribution in [3.63, 3.8) is 0 Å². The van der Waals surface area contributed by atoms with Crippen LogP contribution in [0.4, 0.5) is 0 Å². The number of carbonyl (C=O) groups excluding carboxylic acids is 1. The number of nitrogens with zero attached hydrogens (tertiary/aromatic N) is 3. The van der Waals surface area contributed by atoms with Crippen molar-refractivity contribution in [3.05, 3.63) is 84.4 Å². The number of aromatic nitrogens is 3. The van der Waals surface area contributed by atoms with E-state index in [1.807, 2.05) is 73.7 Å². The molecule has 0 amide bonds. The summed E-state index contributed by atoms with van der Waals surface area (Å²) in [4.78, 5) is 27.1. The highest BCUT2D eigenvalue weighted by Crippen LogP contribution is 2.32. The zero-order chi connectivity index (χ0) is 26.7. The summed E-state index contributed by atoms with van der Waals surface area (Å²) in [5.41, 5.74) is 2.91. The number of benzene rings is 3. The first-order valence-electron chi connectivity index (χ1n) is 13.4. The zero-order valence-corrected chi connectivity index (χ0v) is 22.4. The Kier molecular flexibility index (Phi) is 9.57. The highest BCUT2D eigenvalue weighted by atomic mass is 16.5. The number of hydrogen-bond donors (Lipinski definition) is 0. The van der Waals surface area contributed by atoms with Gasteiger partial charge in [0.1, 0.15) is 5.75 Å². The van der Waals surface area contributed by atoms with Gasteiger partial charge in [0.05, 0.1) is 24.3 Å². The van der Waals surface area contributed by atoms with E-state index in [4.69, 9.17) is 24.4 Å². The van der Waals surface area contributed by atoms with E-state index >= 15 is 0 Å². The lowest BCUT2D eigenvalue weighted by molar-refractivity contribution is 0.0497. The molecule has 1 heterocycles. The Morgan fingerprint density at radius 2 is 1.37 bits per heavy atom. The number of unbranched alkanes of at least 4 members (excludes halogenated alkanes) is 2. The molecular weight excluding hydrogens is 474 g/mol. The smallest absolute Gasteiger partial charge is 0.338 e. The third-order valence-corrected chi connectivity index (χ3v) is 6.12. The topological polar surface area (TPSA) is 74.2 Å². The molecule has 0 spiro atoms. The van der Waals surface area contributed by atoms with Crippen LogP contribution in [0.5, 0.6) is 5.75 Å². The van der Waals surface area contributed by atoms with Gasteiger partial charge in [-0.3, -0.25) is 0 Å². The van der Waals surface area contributed by atoms with E-state index in [0.717, 1.165) is 30.4 Å². The maximum absolute atomic E-state index is 12.7. The summed E-state index contributed by atoms with van der Waals surface area (Å²) in [6.07, 6.45) is 4.27. The highest BCUT2D eigenvalue weighted by Gasteiger charge is 2.18. The predicted octanol–water partition coefficient (Wildman–Crippen LogP) is 7.64. The summed E-state index contributed by atoms with van der Waals surface area (Å²) >= 11 is 0. The van der Waals surface area contributed by atoms with E-state index in [9.17, 15) is 4.79 Å². The van der Waals surface area contributed by atoms with Gasteiger partial charge in [-0.05, 0) is 37.5 Å². The van der Waals surface area contributed by atoms with E-state index in [1.165, 1.54) is 6.42 Å². The van der Waals surface area contributed by atoms with Gasteiger partial charge in [0.25, 0.3) is 0 Å². The summed E-state index contributed by atoms with van der Waals surface area (Å²) in [5, 5.41) is 0. The fourth-order valence-electron chi connectivity index (χ4n) is 4.12. The van der Waals surface area contributed by atoms with Crippen LogP contribution >= 0.6 is 0 Å². The number of hydrogen-bond acceptors (Lipinski definition) is 6. The van der Waals surface area contributed by atoms with Crippen LogP contribution in [-0.4, -0.2) is 34.1 Å². The van der Waals surface area contributed by atoms with Crippen molar-refractivity contribution in [3.8, 4) is 39.9 Å². The lowest BCUT2D eigenvalue weighted by Gasteiger charge is -2.13. The van der Waals surface area contributed by atoms with Crippen molar-refractivity contribution >= 4 is 5.97 Å². The highest BCUT2D eigenvalue weighted by molar-refractivity contribution is 5.91. The molecule has 0 fully saturated rings. The molecule has 0 aliphatic heterocycles. The zero-order valence-electron chi connectivity index (χ0n) is 22.4. The second-order valence-corrected chi connectivity index (χ2v) is 9.56. The third kappa shape index (κ3) is 7.25. The van der Waals surface area contributed by atoms with Crippen molar-refractivity contribution in [1.82, 2.24) is 15.0 Å². The molecule has 0 aliphatic carbocycles. The van der Waals surface area contributed by atoms with Gasteiger partial charge < -0.3 is 9.47 Å². The number of ether oxygens (including phenoxy) is 2. The van der Waals surface area contributed by atoms with Crippen LogP contribution in [0, 0.1) is 5.92 Å². The molecule has 0 saturated carbocycles. The molecule has 6 heteroatoms. The van der Waals surface area contributed by atoms with Gasteiger partial charge in [-0.2, -0.15) is 0 Å². The SMILES string of the molecule is CCOc1cc(C(=O)OCCCCCC(C)C)ccc1-c1nc(-c2ccccc2)nc(-c2ccccc2)n1. The summed E-state index contributed by atoms with van der Waals surface area (Å²) < 4.78 is 11.5. The van der Waals surface area contributed by atoms with Crippen molar-refractivity contribution in [2.45, 2.75) is 46.5 Å². The molecule has 6 nitrogen and oxygen atoms in total. The molecule has 4 aromatic rings. The number of carbonyl (C=O) groups is 1. The fraction of sp³-hybridized carbons (Fsp3) is 0.312. The molecule has 0 unspecified atom stereocenters. The van der Waals surface area contributed by atoms with Crippen molar-refractivity contribution < 1.29 is 14.3 Å². The molecule has 3 aromatic carbocycles. The lowest BCUT2D eigenvalue weighted by Crippen LogP contribution is -2.08. The van der Waals surface area contributed by atoms with Crippen LogP contribution in [-0.2, 0) is 4.74 Å². The molecule has 0 bridgehead atoms. The fourth-order valence-corrected chi connectivity index (χ4v) is 4.12. The summed E-state index contributed by atoms with van der Waals surface area (Å²) in [5.74, 6) is 2.49. The van der Waals surface area contributed by atoms with Gasteiger partial charge in [-0.1, -0.05) is 93.8 Å². The van der Waals surface area contributed by atoms with Crippen LogP contribution in [0.1, 0.15) is 56.8 Å². The van der Waals surface area contributed by atoms with Gasteiger partial charge in [0.2, 0.25) is 0 Å². The number of esters is 1. The molecule has 0 saturated heterocycles. The summed E-state index contributed by atoms with van der Waals surface area (Å²) in [6, 6.07) is 24.9. The Morgan fingerprint density at radius 3 is 1.95 bits per heavy atom. The Morgan fingerprint density at radius 1 is 0.763 bits per heavy atom. The third-order valence-electron chi connectivity index (χ3n) is 6.12. The molecule has 0 atom stereocenters. The van der Waals surface area contributed by atoms with Gasteiger partial charge in [0, 0.05) is 11.1 Å². The molecule has 196 valence electrons. The lowest BCUT2D eigenvalue weighted by atomic mass is 10.1. The monoisotopic (exact) mass is 509 g/mol. The maximum atomic E-state index is 12.7. The van der Waals surface area contributed by atoms with E-state index in [-0.39, 0.29) is 5.97 Å². The molecule has 0 radical (unpaired) electrons. The van der Waals surface area contributed by atoms with Gasteiger partial charge in [0.15, 0.2) is 17.5 Å². The minimum atomic E-state index is -0.355. The Bertz CT molecular complexity index is 1270. The minimum Gasteiger partial charge on any atom is -0.493 e. The normalized spacial score (nSPS) is 10.9. The van der Waals surface area contributed by atoms with Gasteiger partial charge >= 0.3 is 5.97 Å². The Balaban J connectivity index is 1.62. The molecule has 0 N–H and O–H groups in total. The van der Waals surface area contributed by atoms with E-state index in [2.05, 4.69) is 13.8 Å².